The summed E-state index contributed by atoms with van der Waals surface area (Å²) in [5, 5.41) is 12.0. The van der Waals surface area contributed by atoms with Gasteiger partial charge in [-0.1, -0.05) is 0 Å². The van der Waals surface area contributed by atoms with Crippen molar-refractivity contribution < 1.29 is 14.3 Å². The van der Waals surface area contributed by atoms with Gasteiger partial charge in [0.25, 0.3) is 0 Å². The predicted octanol–water partition coefficient (Wildman–Crippen LogP) is 1.23. The average molecular weight is 195 g/mol. The van der Waals surface area contributed by atoms with E-state index in [4.69, 9.17) is 9.52 Å². The van der Waals surface area contributed by atoms with Crippen LogP contribution in [-0.4, -0.2) is 17.6 Å². The molecule has 0 radical (unpaired) electrons. The lowest BCUT2D eigenvalue weighted by atomic mass is 10.1. The number of carbonyl (C=O) groups is 1. The summed E-state index contributed by atoms with van der Waals surface area (Å²) in [5.41, 5.74) is -0.493. The molecule has 76 valence electrons. The highest BCUT2D eigenvalue weighted by molar-refractivity contribution is 5.78. The molecule has 0 atom stereocenters. The third kappa shape index (κ3) is 1.80. The van der Waals surface area contributed by atoms with E-state index in [2.05, 4.69) is 5.32 Å². The Labute approximate surface area is 81.9 Å². The highest BCUT2D eigenvalue weighted by atomic mass is 16.4. The number of furan rings is 1. The van der Waals surface area contributed by atoms with Gasteiger partial charge in [-0.05, 0) is 25.0 Å². The molecular weight excluding hydrogens is 182 g/mol. The van der Waals surface area contributed by atoms with Gasteiger partial charge in [-0.15, -0.1) is 0 Å². The van der Waals surface area contributed by atoms with E-state index in [0.29, 0.717) is 13.1 Å². The van der Waals surface area contributed by atoms with Gasteiger partial charge in [0.1, 0.15) is 5.76 Å². The Morgan fingerprint density at radius 2 is 2.43 bits per heavy atom. The van der Waals surface area contributed by atoms with Gasteiger partial charge in [0.15, 0.2) is 0 Å². The Bertz CT molecular complexity index is 314. The van der Waals surface area contributed by atoms with E-state index >= 15 is 0 Å². The van der Waals surface area contributed by atoms with Crippen LogP contribution in [-0.2, 0) is 11.3 Å². The molecule has 4 heteroatoms. The summed E-state index contributed by atoms with van der Waals surface area (Å²) in [6.07, 6.45) is 3.18. The molecule has 1 heterocycles. The van der Waals surface area contributed by atoms with E-state index in [1.807, 2.05) is 12.1 Å². The zero-order valence-corrected chi connectivity index (χ0v) is 7.82. The summed E-state index contributed by atoms with van der Waals surface area (Å²) in [4.78, 5) is 10.8. The Hall–Kier alpha value is -1.29. The molecule has 2 N–H and O–H groups in total. The molecule has 4 nitrogen and oxygen atoms in total. The molecule has 1 aliphatic carbocycles. The minimum Gasteiger partial charge on any atom is -0.481 e. The molecule has 0 unspecified atom stereocenters. The summed E-state index contributed by atoms with van der Waals surface area (Å²) in [7, 11) is 0. The van der Waals surface area contributed by atoms with E-state index in [-0.39, 0.29) is 0 Å². The highest BCUT2D eigenvalue weighted by Gasteiger charge is 2.49. The SMILES string of the molecule is O=C(O)C1(CNCc2ccco2)CC1. The summed E-state index contributed by atoms with van der Waals surface area (Å²) < 4.78 is 5.12. The number of aliphatic carboxylic acids is 1. The van der Waals surface area contributed by atoms with Crippen molar-refractivity contribution in [3.8, 4) is 0 Å². The smallest absolute Gasteiger partial charge is 0.310 e. The maximum Gasteiger partial charge on any atom is 0.310 e. The largest absolute Gasteiger partial charge is 0.481 e. The lowest BCUT2D eigenvalue weighted by Gasteiger charge is -2.09. The topological polar surface area (TPSA) is 62.5 Å². The molecular formula is C10H13NO3. The minimum absolute atomic E-state index is 0.493. The van der Waals surface area contributed by atoms with Crippen LogP contribution >= 0.6 is 0 Å². The van der Waals surface area contributed by atoms with Crippen molar-refractivity contribution >= 4 is 5.97 Å². The number of hydrogen-bond donors (Lipinski definition) is 2. The monoisotopic (exact) mass is 195 g/mol. The van der Waals surface area contributed by atoms with E-state index in [9.17, 15) is 4.79 Å². The van der Waals surface area contributed by atoms with Gasteiger partial charge < -0.3 is 14.8 Å². The van der Waals surface area contributed by atoms with Crippen LogP contribution in [0.5, 0.6) is 0 Å². The maximum absolute atomic E-state index is 10.8. The van der Waals surface area contributed by atoms with Gasteiger partial charge >= 0.3 is 5.97 Å². The molecule has 1 fully saturated rings. The van der Waals surface area contributed by atoms with Crippen molar-refractivity contribution in [2.24, 2.45) is 5.41 Å². The first-order valence-corrected chi connectivity index (χ1v) is 4.69. The fraction of sp³-hybridized carbons (Fsp3) is 0.500. The van der Waals surface area contributed by atoms with E-state index in [0.717, 1.165) is 18.6 Å². The summed E-state index contributed by atoms with van der Waals surface area (Å²) in [6.45, 7) is 1.13. The van der Waals surface area contributed by atoms with Crippen LogP contribution in [0.25, 0.3) is 0 Å². The number of carboxylic acid groups (broad SMARTS) is 1. The third-order valence-corrected chi connectivity index (χ3v) is 2.65. The zero-order chi connectivity index (χ0) is 10.0. The Morgan fingerprint density at radius 1 is 1.64 bits per heavy atom. The number of rotatable bonds is 5. The van der Waals surface area contributed by atoms with E-state index in [1.165, 1.54) is 0 Å². The normalized spacial score (nSPS) is 18.0. The van der Waals surface area contributed by atoms with Crippen molar-refractivity contribution in [2.45, 2.75) is 19.4 Å². The summed E-state index contributed by atoms with van der Waals surface area (Å²) in [6, 6.07) is 3.69. The van der Waals surface area contributed by atoms with Crippen LogP contribution in [0.1, 0.15) is 18.6 Å². The van der Waals surface area contributed by atoms with Gasteiger partial charge in [0, 0.05) is 6.54 Å². The standard InChI is InChI=1S/C10H13NO3/c12-9(13)10(3-4-10)7-11-6-8-2-1-5-14-8/h1-2,5,11H,3-4,6-7H2,(H,12,13). The van der Waals surface area contributed by atoms with Gasteiger partial charge in [0.05, 0.1) is 18.2 Å². The number of nitrogens with one attached hydrogen (secondary N) is 1. The molecule has 0 saturated heterocycles. The molecule has 0 bridgehead atoms. The number of carboxylic acids is 1. The second kappa shape index (κ2) is 3.46. The second-order valence-corrected chi connectivity index (χ2v) is 3.77. The van der Waals surface area contributed by atoms with Crippen molar-refractivity contribution in [1.82, 2.24) is 5.32 Å². The van der Waals surface area contributed by atoms with Gasteiger partial charge in [-0.25, -0.2) is 0 Å². The number of hydrogen-bond acceptors (Lipinski definition) is 3. The van der Waals surface area contributed by atoms with Gasteiger partial charge in [-0.2, -0.15) is 0 Å². The summed E-state index contributed by atoms with van der Waals surface area (Å²) >= 11 is 0. The van der Waals surface area contributed by atoms with Crippen molar-refractivity contribution in [1.29, 1.82) is 0 Å². The fourth-order valence-electron chi connectivity index (χ4n) is 1.46. The van der Waals surface area contributed by atoms with Gasteiger partial charge in [-0.3, -0.25) is 4.79 Å². The lowest BCUT2D eigenvalue weighted by molar-refractivity contribution is -0.143. The first-order chi connectivity index (χ1) is 6.73. The average Bonchev–Trinajstić information content (AvgIpc) is 2.76. The third-order valence-electron chi connectivity index (χ3n) is 2.65. The van der Waals surface area contributed by atoms with Crippen LogP contribution < -0.4 is 5.32 Å². The molecule has 1 aromatic rings. The Morgan fingerprint density at radius 3 is 2.93 bits per heavy atom. The highest BCUT2D eigenvalue weighted by Crippen LogP contribution is 2.45. The van der Waals surface area contributed by atoms with Crippen molar-refractivity contribution in [2.75, 3.05) is 6.54 Å². The van der Waals surface area contributed by atoms with Crippen LogP contribution in [0.2, 0.25) is 0 Å². The first kappa shape index (κ1) is 9.27. The zero-order valence-electron chi connectivity index (χ0n) is 7.82. The molecule has 0 aromatic carbocycles. The van der Waals surface area contributed by atoms with Crippen molar-refractivity contribution in [3.05, 3.63) is 24.2 Å². The molecule has 1 saturated carbocycles. The fourth-order valence-corrected chi connectivity index (χ4v) is 1.46. The van der Waals surface area contributed by atoms with Crippen LogP contribution in [0.3, 0.4) is 0 Å². The minimum atomic E-state index is -0.690. The van der Waals surface area contributed by atoms with Gasteiger partial charge in [0.2, 0.25) is 0 Å². The van der Waals surface area contributed by atoms with Crippen LogP contribution in [0.4, 0.5) is 0 Å². The summed E-state index contributed by atoms with van der Waals surface area (Å²) in [5.74, 6) is 0.149. The molecule has 1 aliphatic rings. The molecule has 0 aliphatic heterocycles. The first-order valence-electron chi connectivity index (χ1n) is 4.69. The predicted molar refractivity (Wildman–Crippen MR) is 49.7 cm³/mol. The molecule has 14 heavy (non-hydrogen) atoms. The molecule has 1 aromatic heterocycles. The molecule has 2 rings (SSSR count). The maximum atomic E-state index is 10.8. The second-order valence-electron chi connectivity index (χ2n) is 3.77. The lowest BCUT2D eigenvalue weighted by Crippen LogP contribution is -2.29. The van der Waals surface area contributed by atoms with E-state index in [1.54, 1.807) is 6.26 Å². The Kier molecular flexibility index (Phi) is 2.29. The van der Waals surface area contributed by atoms with E-state index < -0.39 is 11.4 Å². The van der Waals surface area contributed by atoms with Crippen LogP contribution in [0, 0.1) is 5.41 Å². The quantitative estimate of drug-likeness (QED) is 0.741. The Balaban J connectivity index is 1.76. The molecule has 0 amide bonds. The van der Waals surface area contributed by atoms with Crippen molar-refractivity contribution in [3.63, 3.8) is 0 Å². The van der Waals surface area contributed by atoms with Crippen LogP contribution in [0.15, 0.2) is 22.8 Å². The molecule has 0 spiro atoms.